The third kappa shape index (κ3) is 5.23. The molecule has 6 heteroatoms. The Kier molecular flexibility index (Phi) is 7.77. The number of benzene rings is 3. The molecule has 0 aliphatic heterocycles. The van der Waals surface area contributed by atoms with E-state index in [4.69, 9.17) is 4.74 Å². The van der Waals surface area contributed by atoms with Crippen LogP contribution in [0.2, 0.25) is 0 Å². The highest BCUT2D eigenvalue weighted by atomic mass is 16.5. The van der Waals surface area contributed by atoms with Crippen molar-refractivity contribution in [2.45, 2.75) is 25.9 Å². The largest absolute Gasteiger partial charge is 0.423 e. The van der Waals surface area contributed by atoms with Crippen LogP contribution in [0.25, 0.3) is 11.1 Å². The van der Waals surface area contributed by atoms with Crippen LogP contribution in [-0.2, 0) is 6.54 Å². The molecule has 6 nitrogen and oxygen atoms in total. The molecule has 3 aromatic carbocycles. The number of carbonyl (C=O) groups is 1. The molecule has 0 bridgehead atoms. The van der Waals surface area contributed by atoms with Crippen LogP contribution in [0.1, 0.15) is 27.0 Å². The van der Waals surface area contributed by atoms with Crippen molar-refractivity contribution in [3.63, 3.8) is 0 Å². The Bertz CT molecular complexity index is 1050. The van der Waals surface area contributed by atoms with Gasteiger partial charge in [0, 0.05) is 6.54 Å². The summed E-state index contributed by atoms with van der Waals surface area (Å²) in [5.41, 5.74) is 4.00. The molecule has 0 heterocycles. The van der Waals surface area contributed by atoms with E-state index in [1.807, 2.05) is 62.4 Å². The molecule has 0 radical (unpaired) electrons. The van der Waals surface area contributed by atoms with Gasteiger partial charge in [0.1, 0.15) is 5.75 Å². The number of carbonyl (C=O) groups excluding carboxylic acids is 1. The van der Waals surface area contributed by atoms with E-state index in [0.29, 0.717) is 17.9 Å². The molecule has 0 aliphatic rings. The third-order valence-electron chi connectivity index (χ3n) is 5.72. The van der Waals surface area contributed by atoms with Gasteiger partial charge in [-0.1, -0.05) is 48.5 Å². The van der Waals surface area contributed by atoms with Crippen LogP contribution in [0.3, 0.4) is 0 Å². The number of aryl methyl sites for hydroxylation is 1. The summed E-state index contributed by atoms with van der Waals surface area (Å²) in [7, 11) is 0. The van der Waals surface area contributed by atoms with Crippen molar-refractivity contribution in [1.29, 1.82) is 0 Å². The Labute approximate surface area is 188 Å². The topological polar surface area (TPSA) is 99.0 Å². The minimum atomic E-state index is -1.15. The quantitative estimate of drug-likeness (QED) is 0.305. The fraction of sp³-hybridized carbons (Fsp3) is 0.269. The van der Waals surface area contributed by atoms with Gasteiger partial charge in [-0.3, -0.25) is 0 Å². The van der Waals surface area contributed by atoms with Gasteiger partial charge in [0.25, 0.3) is 0 Å². The molecule has 3 rings (SSSR count). The minimum Gasteiger partial charge on any atom is -0.423 e. The minimum absolute atomic E-state index is 0.333. The monoisotopic (exact) mass is 435 g/mol. The smallest absolute Gasteiger partial charge is 0.343 e. The van der Waals surface area contributed by atoms with Crippen LogP contribution >= 0.6 is 0 Å². The van der Waals surface area contributed by atoms with Gasteiger partial charge in [0.2, 0.25) is 0 Å². The average Bonchev–Trinajstić information content (AvgIpc) is 2.82. The van der Waals surface area contributed by atoms with E-state index in [2.05, 4.69) is 5.32 Å². The number of esters is 1. The van der Waals surface area contributed by atoms with E-state index < -0.39 is 31.3 Å². The number of hydrogen-bond acceptors (Lipinski definition) is 6. The number of nitrogens with one attached hydrogen (secondary N) is 1. The van der Waals surface area contributed by atoms with Gasteiger partial charge in [0.05, 0.1) is 30.9 Å². The first-order chi connectivity index (χ1) is 15.4. The summed E-state index contributed by atoms with van der Waals surface area (Å²) < 4.78 is 5.64. The zero-order chi connectivity index (χ0) is 23.1. The number of aliphatic hydroxyl groups excluding tert-OH is 3. The predicted octanol–water partition coefficient (Wildman–Crippen LogP) is 2.99. The highest BCUT2D eigenvalue weighted by Gasteiger charge is 2.27. The summed E-state index contributed by atoms with van der Waals surface area (Å²) in [6.45, 7) is 2.95. The van der Waals surface area contributed by atoms with Crippen molar-refractivity contribution in [1.82, 2.24) is 5.32 Å². The van der Waals surface area contributed by atoms with Crippen LogP contribution in [0.4, 0.5) is 0 Å². The van der Waals surface area contributed by atoms with Gasteiger partial charge in [-0.25, -0.2) is 4.79 Å². The van der Waals surface area contributed by atoms with Gasteiger partial charge < -0.3 is 25.4 Å². The van der Waals surface area contributed by atoms with E-state index in [-0.39, 0.29) is 0 Å². The molecule has 0 aromatic heterocycles. The van der Waals surface area contributed by atoms with Gasteiger partial charge in [-0.2, -0.15) is 0 Å². The number of rotatable bonds is 9. The first kappa shape index (κ1) is 23.6. The molecule has 0 fully saturated rings. The van der Waals surface area contributed by atoms with Crippen LogP contribution in [-0.4, -0.2) is 46.6 Å². The Hall–Kier alpha value is -3.03. The molecule has 0 atom stereocenters. The predicted molar refractivity (Wildman–Crippen MR) is 124 cm³/mol. The molecular weight excluding hydrogens is 406 g/mol. The fourth-order valence-electron chi connectivity index (χ4n) is 3.48. The fourth-order valence-corrected chi connectivity index (χ4v) is 3.48. The summed E-state index contributed by atoms with van der Waals surface area (Å²) >= 11 is 0. The Morgan fingerprint density at radius 3 is 2.22 bits per heavy atom. The first-order valence-electron chi connectivity index (χ1n) is 10.5. The van der Waals surface area contributed by atoms with E-state index >= 15 is 0 Å². The zero-order valence-electron chi connectivity index (χ0n) is 18.3. The molecule has 3 aromatic rings. The Morgan fingerprint density at radius 1 is 0.906 bits per heavy atom. The lowest BCUT2D eigenvalue weighted by atomic mass is 9.96. The lowest BCUT2D eigenvalue weighted by molar-refractivity contribution is 0.0413. The normalized spacial score (nSPS) is 11.4. The second-order valence-electron chi connectivity index (χ2n) is 7.93. The second kappa shape index (κ2) is 10.5. The molecule has 0 saturated heterocycles. The van der Waals surface area contributed by atoms with Crippen molar-refractivity contribution < 1.29 is 24.9 Å². The van der Waals surface area contributed by atoms with Crippen molar-refractivity contribution >= 4 is 5.97 Å². The number of aliphatic hydroxyl groups is 3. The van der Waals surface area contributed by atoms with Gasteiger partial charge >= 0.3 is 5.97 Å². The maximum Gasteiger partial charge on any atom is 0.343 e. The van der Waals surface area contributed by atoms with Crippen LogP contribution in [0.15, 0.2) is 66.7 Å². The van der Waals surface area contributed by atoms with E-state index in [0.717, 1.165) is 27.8 Å². The van der Waals surface area contributed by atoms with Gasteiger partial charge in [-0.15, -0.1) is 0 Å². The SMILES string of the molecule is Cc1cc(OC(=O)c2cccc(-c3ccccc3)c2C)ccc1CNC(CO)(CO)CO. The van der Waals surface area contributed by atoms with Gasteiger partial charge in [-0.05, 0) is 59.9 Å². The van der Waals surface area contributed by atoms with Crippen LogP contribution < -0.4 is 10.1 Å². The molecule has 0 amide bonds. The van der Waals surface area contributed by atoms with Crippen LogP contribution in [0, 0.1) is 13.8 Å². The molecule has 168 valence electrons. The van der Waals surface area contributed by atoms with Crippen molar-refractivity contribution in [2.75, 3.05) is 19.8 Å². The number of ether oxygens (including phenoxy) is 1. The lowest BCUT2D eigenvalue weighted by Crippen LogP contribution is -2.54. The molecule has 0 saturated carbocycles. The summed E-state index contributed by atoms with van der Waals surface area (Å²) in [4.78, 5) is 12.9. The van der Waals surface area contributed by atoms with Crippen molar-refractivity contribution in [3.05, 3.63) is 89.0 Å². The highest BCUT2D eigenvalue weighted by Crippen LogP contribution is 2.27. The standard InChI is InChI=1S/C26H29NO5/c1-18-13-22(12-11-21(18)14-27-26(15-28,16-29)17-30)32-25(31)24-10-6-9-23(19(24)2)20-7-4-3-5-8-20/h3-13,27-30H,14-17H2,1-2H3. The van der Waals surface area contributed by atoms with Crippen LogP contribution in [0.5, 0.6) is 5.75 Å². The Morgan fingerprint density at radius 2 is 1.59 bits per heavy atom. The maximum atomic E-state index is 12.9. The zero-order valence-corrected chi connectivity index (χ0v) is 18.3. The molecule has 0 spiro atoms. The summed E-state index contributed by atoms with van der Waals surface area (Å²) in [6.07, 6.45) is 0. The van der Waals surface area contributed by atoms with Gasteiger partial charge in [0.15, 0.2) is 0 Å². The summed E-state index contributed by atoms with van der Waals surface area (Å²) in [6, 6.07) is 20.8. The maximum absolute atomic E-state index is 12.9. The summed E-state index contributed by atoms with van der Waals surface area (Å²) in [5.74, 6) is 0.00363. The second-order valence-corrected chi connectivity index (χ2v) is 7.93. The molecule has 0 unspecified atom stereocenters. The van der Waals surface area contributed by atoms with E-state index in [1.54, 1.807) is 18.2 Å². The first-order valence-corrected chi connectivity index (χ1v) is 10.5. The molecule has 0 aliphatic carbocycles. The van der Waals surface area contributed by atoms with E-state index in [1.165, 1.54) is 0 Å². The molecule has 32 heavy (non-hydrogen) atoms. The lowest BCUT2D eigenvalue weighted by Gasteiger charge is -2.29. The third-order valence-corrected chi connectivity index (χ3v) is 5.72. The average molecular weight is 436 g/mol. The summed E-state index contributed by atoms with van der Waals surface area (Å²) in [5, 5.41) is 31.3. The molecular formula is C26H29NO5. The van der Waals surface area contributed by atoms with E-state index in [9.17, 15) is 20.1 Å². The molecule has 4 N–H and O–H groups in total. The Balaban J connectivity index is 1.74. The van der Waals surface area contributed by atoms with Crippen molar-refractivity contribution in [3.8, 4) is 16.9 Å². The number of hydrogen-bond donors (Lipinski definition) is 4. The highest BCUT2D eigenvalue weighted by molar-refractivity contribution is 5.94. The van der Waals surface area contributed by atoms with Crippen molar-refractivity contribution in [2.24, 2.45) is 0 Å².